The molecule has 0 N–H and O–H groups in total. The predicted molar refractivity (Wildman–Crippen MR) is 116 cm³/mol. The van der Waals surface area contributed by atoms with Crippen molar-refractivity contribution in [3.63, 3.8) is 0 Å². The third kappa shape index (κ3) is 5.46. The molecule has 3 rings (SSSR count). The molecule has 31 heavy (non-hydrogen) atoms. The van der Waals surface area contributed by atoms with E-state index < -0.39 is 32.4 Å². The highest BCUT2D eigenvalue weighted by Gasteiger charge is 2.25. The van der Waals surface area contributed by atoms with Gasteiger partial charge in [-0.05, 0) is 49.2 Å². The predicted octanol–water partition coefficient (Wildman–Crippen LogP) is 4.49. The molecule has 0 amide bonds. The number of ether oxygens (including phenoxy) is 1. The van der Waals surface area contributed by atoms with Crippen LogP contribution in [0.3, 0.4) is 0 Å². The van der Waals surface area contributed by atoms with Gasteiger partial charge in [-0.25, -0.2) is 23.2 Å². The summed E-state index contributed by atoms with van der Waals surface area (Å²) in [4.78, 5) is 32.1. The minimum Gasteiger partial charge on any atom is -0.421 e. The lowest BCUT2D eigenvalue weighted by atomic mass is 10.1. The molecule has 160 valence electrons. The zero-order valence-electron chi connectivity index (χ0n) is 16.4. The van der Waals surface area contributed by atoms with Crippen molar-refractivity contribution in [3.8, 4) is 5.75 Å². The minimum absolute atomic E-state index is 0.0257. The smallest absolute Gasteiger partial charge is 0.364 e. The Balaban J connectivity index is 1.92. The number of rotatable bonds is 6. The molecule has 0 fully saturated rings. The number of halogens is 2. The summed E-state index contributed by atoms with van der Waals surface area (Å²) in [6.45, 7) is 3.10. The molecule has 1 aromatic heterocycles. The molecular weight excluding hydrogens is 463 g/mol. The van der Waals surface area contributed by atoms with Gasteiger partial charge in [0.25, 0.3) is 0 Å². The van der Waals surface area contributed by atoms with Gasteiger partial charge < -0.3 is 4.74 Å². The maximum atomic E-state index is 12.7. The van der Waals surface area contributed by atoms with E-state index in [0.29, 0.717) is 10.6 Å². The Morgan fingerprint density at radius 2 is 1.74 bits per heavy atom. The first-order valence-electron chi connectivity index (χ1n) is 8.90. The van der Waals surface area contributed by atoms with Crippen LogP contribution in [0, 0.1) is 6.92 Å². The Hall–Kier alpha value is -2.81. The maximum Gasteiger partial charge on any atom is 0.364 e. The van der Waals surface area contributed by atoms with Crippen molar-refractivity contribution in [1.82, 2.24) is 9.97 Å². The second kappa shape index (κ2) is 9.13. The average Bonchev–Trinajstić information content (AvgIpc) is 2.69. The van der Waals surface area contributed by atoms with Crippen LogP contribution >= 0.6 is 23.2 Å². The molecule has 0 spiro atoms. The quantitative estimate of drug-likeness (QED) is 0.222. The number of sulfone groups is 1. The van der Waals surface area contributed by atoms with Crippen molar-refractivity contribution >= 4 is 44.8 Å². The van der Waals surface area contributed by atoms with Crippen molar-refractivity contribution in [2.75, 3.05) is 0 Å². The van der Waals surface area contributed by atoms with E-state index in [0.717, 1.165) is 11.8 Å². The van der Waals surface area contributed by atoms with E-state index in [1.54, 1.807) is 37.3 Å². The number of benzene rings is 2. The molecule has 1 heterocycles. The number of ketones is 1. The number of hydrogen-bond donors (Lipinski definition) is 0. The normalized spacial score (nSPS) is 11.2. The first-order valence-corrected chi connectivity index (χ1v) is 11.3. The number of esters is 1. The summed E-state index contributed by atoms with van der Waals surface area (Å²) in [5.41, 5.74) is 0.993. The summed E-state index contributed by atoms with van der Waals surface area (Å²) < 4.78 is 30.8. The number of hydrogen-bond acceptors (Lipinski definition) is 7. The molecule has 0 atom stereocenters. The van der Waals surface area contributed by atoms with Crippen LogP contribution in [0.15, 0.2) is 53.8 Å². The van der Waals surface area contributed by atoms with Gasteiger partial charge in [-0.2, -0.15) is 0 Å². The van der Waals surface area contributed by atoms with Gasteiger partial charge in [0.05, 0.1) is 22.5 Å². The number of carbonyl (C=O) groups excluding carboxylic acids is 2. The third-order valence-corrected chi connectivity index (χ3v) is 6.18. The largest absolute Gasteiger partial charge is 0.421 e. The summed E-state index contributed by atoms with van der Waals surface area (Å²) >= 11 is 11.8. The molecular formula is C21H16Cl2N2O5S. The van der Waals surface area contributed by atoms with Gasteiger partial charge in [-0.1, -0.05) is 41.4 Å². The van der Waals surface area contributed by atoms with Gasteiger partial charge in [0, 0.05) is 5.02 Å². The lowest BCUT2D eigenvalue weighted by Gasteiger charge is -2.10. The van der Waals surface area contributed by atoms with Gasteiger partial charge in [0.2, 0.25) is 15.0 Å². The fraction of sp³-hybridized carbons (Fsp3) is 0.143. The number of aryl methyl sites for hydroxylation is 1. The van der Waals surface area contributed by atoms with Gasteiger partial charge in [0.15, 0.2) is 11.5 Å². The van der Waals surface area contributed by atoms with Gasteiger partial charge in [-0.15, -0.1) is 0 Å². The standard InChI is InChI=1S/C21H16Cl2N2O5S/c1-12-3-8-16(13(2)26)18(9-12)30-20(27)19-17(23)10-24-21(25-19)31(28,29)11-14-4-6-15(22)7-5-14/h3-10H,11H2,1-2H3. The Kier molecular flexibility index (Phi) is 6.74. The molecule has 0 aliphatic heterocycles. The fourth-order valence-corrected chi connectivity index (χ4v) is 4.16. The van der Waals surface area contributed by atoms with E-state index in [9.17, 15) is 18.0 Å². The summed E-state index contributed by atoms with van der Waals surface area (Å²) in [6.07, 6.45) is 1.02. The first kappa shape index (κ1) is 22.9. The Bertz CT molecular complexity index is 1280. The van der Waals surface area contributed by atoms with Crippen LogP contribution in [0.2, 0.25) is 10.0 Å². The second-order valence-corrected chi connectivity index (χ2v) is 9.41. The molecule has 0 saturated carbocycles. The van der Waals surface area contributed by atoms with Gasteiger partial charge in [0.1, 0.15) is 5.75 Å². The number of Topliss-reactive ketones (excluding diaryl/α,β-unsaturated/α-hetero) is 1. The Morgan fingerprint density at radius 3 is 2.39 bits per heavy atom. The highest BCUT2D eigenvalue weighted by Crippen LogP contribution is 2.24. The summed E-state index contributed by atoms with van der Waals surface area (Å²) in [5, 5.41) is -0.294. The van der Waals surface area contributed by atoms with E-state index in [1.807, 2.05) is 0 Å². The number of aromatic nitrogens is 2. The number of carbonyl (C=O) groups is 2. The topological polar surface area (TPSA) is 103 Å². The van der Waals surface area contributed by atoms with Gasteiger partial charge >= 0.3 is 5.97 Å². The monoisotopic (exact) mass is 478 g/mol. The average molecular weight is 479 g/mol. The molecule has 0 saturated heterocycles. The highest BCUT2D eigenvalue weighted by molar-refractivity contribution is 7.90. The fourth-order valence-electron chi connectivity index (χ4n) is 2.66. The van der Waals surface area contributed by atoms with Crippen LogP contribution in [-0.2, 0) is 15.6 Å². The second-order valence-electron chi connectivity index (χ2n) is 6.68. The molecule has 0 radical (unpaired) electrons. The third-order valence-electron chi connectivity index (χ3n) is 4.18. The minimum atomic E-state index is -3.99. The summed E-state index contributed by atoms with van der Waals surface area (Å²) in [7, 11) is -3.99. The van der Waals surface area contributed by atoms with Crippen LogP contribution in [0.4, 0.5) is 0 Å². The van der Waals surface area contributed by atoms with E-state index >= 15 is 0 Å². The van der Waals surface area contributed by atoms with E-state index in [4.69, 9.17) is 27.9 Å². The number of nitrogens with zero attached hydrogens (tertiary/aromatic N) is 2. The first-order chi connectivity index (χ1) is 14.6. The summed E-state index contributed by atoms with van der Waals surface area (Å²) in [5.74, 6) is -1.68. The van der Waals surface area contributed by atoms with Crippen molar-refractivity contribution in [1.29, 1.82) is 0 Å². The molecule has 0 aliphatic carbocycles. The zero-order chi connectivity index (χ0) is 22.8. The SMILES string of the molecule is CC(=O)c1ccc(C)cc1OC(=O)c1nc(S(=O)(=O)Cc2ccc(Cl)cc2)ncc1Cl. The molecule has 0 unspecified atom stereocenters. The molecule has 2 aromatic carbocycles. The van der Waals surface area contributed by atoms with E-state index in [2.05, 4.69) is 9.97 Å². The van der Waals surface area contributed by atoms with Crippen LogP contribution in [0.25, 0.3) is 0 Å². The van der Waals surface area contributed by atoms with E-state index in [1.165, 1.54) is 19.1 Å². The van der Waals surface area contributed by atoms with Crippen molar-refractivity contribution in [2.24, 2.45) is 0 Å². The van der Waals surface area contributed by atoms with Crippen molar-refractivity contribution in [3.05, 3.63) is 81.1 Å². The highest BCUT2D eigenvalue weighted by atomic mass is 35.5. The van der Waals surface area contributed by atoms with Crippen molar-refractivity contribution in [2.45, 2.75) is 24.8 Å². The van der Waals surface area contributed by atoms with Crippen LogP contribution in [-0.4, -0.2) is 30.1 Å². The van der Waals surface area contributed by atoms with E-state index in [-0.39, 0.29) is 22.1 Å². The molecule has 7 nitrogen and oxygen atoms in total. The Morgan fingerprint density at radius 1 is 1.06 bits per heavy atom. The lowest BCUT2D eigenvalue weighted by molar-refractivity contribution is 0.0725. The van der Waals surface area contributed by atoms with Crippen molar-refractivity contribution < 1.29 is 22.7 Å². The van der Waals surface area contributed by atoms with Crippen LogP contribution in [0.1, 0.15) is 38.9 Å². The lowest BCUT2D eigenvalue weighted by Crippen LogP contribution is -2.17. The molecule has 3 aromatic rings. The summed E-state index contributed by atoms with van der Waals surface area (Å²) in [6, 6.07) is 11.0. The molecule has 0 bridgehead atoms. The Labute approximate surface area is 188 Å². The molecule has 0 aliphatic rings. The van der Waals surface area contributed by atoms with Crippen LogP contribution < -0.4 is 4.74 Å². The molecule has 10 heteroatoms. The zero-order valence-corrected chi connectivity index (χ0v) is 18.8. The van der Waals surface area contributed by atoms with Gasteiger partial charge in [-0.3, -0.25) is 4.79 Å². The van der Waals surface area contributed by atoms with Crippen LogP contribution in [0.5, 0.6) is 5.75 Å². The maximum absolute atomic E-state index is 12.7.